The third-order valence-corrected chi connectivity index (χ3v) is 4.81. The molecule has 108 valence electrons. The first-order chi connectivity index (χ1) is 10.3. The van der Waals surface area contributed by atoms with E-state index in [0.717, 1.165) is 17.8 Å². The predicted octanol–water partition coefficient (Wildman–Crippen LogP) is 4.91. The van der Waals surface area contributed by atoms with Crippen LogP contribution in [0.5, 0.6) is 0 Å². The van der Waals surface area contributed by atoms with Crippen LogP contribution in [-0.2, 0) is 6.42 Å². The summed E-state index contributed by atoms with van der Waals surface area (Å²) in [4.78, 5) is 0. The van der Waals surface area contributed by atoms with Crippen LogP contribution in [0.2, 0.25) is 0 Å². The molecule has 3 aromatic rings. The molecule has 0 saturated carbocycles. The van der Waals surface area contributed by atoms with E-state index in [2.05, 4.69) is 71.2 Å². The molecule has 0 amide bonds. The smallest absolute Gasteiger partial charge is 0.134 e. The second-order valence-corrected chi connectivity index (χ2v) is 6.19. The molecule has 0 spiro atoms. The van der Waals surface area contributed by atoms with Crippen molar-refractivity contribution in [1.82, 2.24) is 5.32 Å². The summed E-state index contributed by atoms with van der Waals surface area (Å²) in [6.45, 7) is 2.14. The zero-order valence-electron chi connectivity index (χ0n) is 12.2. The lowest BCUT2D eigenvalue weighted by molar-refractivity contribution is 0.539. The zero-order chi connectivity index (χ0) is 14.8. The molecule has 0 saturated heterocycles. The lowest BCUT2D eigenvalue weighted by Crippen LogP contribution is -2.19. The number of rotatable bonds is 4. The van der Waals surface area contributed by atoms with Gasteiger partial charge in [-0.05, 0) is 47.3 Å². The monoisotopic (exact) mass is 391 g/mol. The number of benzene rings is 2. The third kappa shape index (κ3) is 2.60. The van der Waals surface area contributed by atoms with Crippen LogP contribution in [0.3, 0.4) is 0 Å². The van der Waals surface area contributed by atoms with E-state index in [0.29, 0.717) is 0 Å². The molecule has 1 aromatic heterocycles. The molecule has 0 radical (unpaired) electrons. The topological polar surface area (TPSA) is 25.2 Å². The minimum Gasteiger partial charge on any atom is -0.461 e. The number of hydrogen-bond donors (Lipinski definition) is 1. The summed E-state index contributed by atoms with van der Waals surface area (Å²) in [6, 6.07) is 16.9. The van der Waals surface area contributed by atoms with Crippen LogP contribution in [0.25, 0.3) is 11.0 Å². The van der Waals surface area contributed by atoms with Crippen molar-refractivity contribution in [3.63, 3.8) is 0 Å². The van der Waals surface area contributed by atoms with E-state index in [4.69, 9.17) is 4.42 Å². The highest BCUT2D eigenvalue weighted by atomic mass is 127. The van der Waals surface area contributed by atoms with Gasteiger partial charge in [-0.1, -0.05) is 43.3 Å². The molecule has 1 N–H and O–H groups in total. The van der Waals surface area contributed by atoms with Gasteiger partial charge in [0.15, 0.2) is 0 Å². The summed E-state index contributed by atoms with van der Waals surface area (Å²) in [5, 5.41) is 4.67. The Hall–Kier alpha value is -1.33. The van der Waals surface area contributed by atoms with Crippen LogP contribution in [-0.4, -0.2) is 7.05 Å². The van der Waals surface area contributed by atoms with Gasteiger partial charge in [0.2, 0.25) is 0 Å². The number of fused-ring (bicyclic) bond motifs is 1. The van der Waals surface area contributed by atoms with Crippen LogP contribution < -0.4 is 5.32 Å². The fraction of sp³-hybridized carbons (Fsp3) is 0.222. The number of halogens is 1. The Morgan fingerprint density at radius 1 is 1.10 bits per heavy atom. The van der Waals surface area contributed by atoms with Gasteiger partial charge >= 0.3 is 0 Å². The fourth-order valence-corrected chi connectivity index (χ4v) is 3.56. The Morgan fingerprint density at radius 2 is 1.81 bits per heavy atom. The number of aryl methyl sites for hydroxylation is 1. The Balaban J connectivity index is 2.24. The van der Waals surface area contributed by atoms with E-state index in [1.165, 1.54) is 20.1 Å². The van der Waals surface area contributed by atoms with Gasteiger partial charge < -0.3 is 9.73 Å². The maximum atomic E-state index is 6.05. The molecule has 2 nitrogen and oxygen atoms in total. The summed E-state index contributed by atoms with van der Waals surface area (Å²) in [7, 11) is 2.01. The van der Waals surface area contributed by atoms with Crippen molar-refractivity contribution < 1.29 is 4.42 Å². The molecule has 0 fully saturated rings. The Kier molecular flexibility index (Phi) is 4.31. The fourth-order valence-electron chi connectivity index (χ4n) is 2.86. The van der Waals surface area contributed by atoms with Crippen LogP contribution in [0.1, 0.15) is 29.9 Å². The average molecular weight is 391 g/mol. The summed E-state index contributed by atoms with van der Waals surface area (Å²) >= 11 is 2.40. The molecule has 0 aliphatic rings. The maximum absolute atomic E-state index is 6.05. The minimum absolute atomic E-state index is 0.150. The van der Waals surface area contributed by atoms with E-state index in [9.17, 15) is 0 Å². The van der Waals surface area contributed by atoms with Gasteiger partial charge in [0, 0.05) is 20.9 Å². The van der Waals surface area contributed by atoms with Crippen molar-refractivity contribution in [2.45, 2.75) is 19.4 Å². The van der Waals surface area contributed by atoms with E-state index in [1.807, 2.05) is 19.2 Å². The first kappa shape index (κ1) is 14.6. The standard InChI is InChI=1S/C18H18INO/c1-3-15-17(13-9-5-7-11-16(13)21-15)18(20-2)12-8-4-6-10-14(12)19/h4-11,18,20H,3H2,1-2H3. The third-order valence-electron chi connectivity index (χ3n) is 3.83. The largest absolute Gasteiger partial charge is 0.461 e. The Bertz CT molecular complexity index is 763. The zero-order valence-corrected chi connectivity index (χ0v) is 14.3. The van der Waals surface area contributed by atoms with E-state index in [-0.39, 0.29) is 6.04 Å². The van der Waals surface area contributed by atoms with Crippen LogP contribution in [0, 0.1) is 3.57 Å². The molecule has 0 aliphatic heterocycles. The molecule has 1 unspecified atom stereocenters. The first-order valence-electron chi connectivity index (χ1n) is 7.18. The van der Waals surface area contributed by atoms with Crippen LogP contribution in [0.4, 0.5) is 0 Å². The van der Waals surface area contributed by atoms with Crippen molar-refractivity contribution in [2.75, 3.05) is 7.05 Å². The summed E-state index contributed by atoms with van der Waals surface area (Å²) < 4.78 is 7.32. The number of hydrogen-bond acceptors (Lipinski definition) is 2. The van der Waals surface area contributed by atoms with Crippen molar-refractivity contribution in [2.24, 2.45) is 0 Å². The van der Waals surface area contributed by atoms with Gasteiger partial charge in [0.25, 0.3) is 0 Å². The van der Waals surface area contributed by atoms with Gasteiger partial charge in [-0.3, -0.25) is 0 Å². The van der Waals surface area contributed by atoms with E-state index < -0.39 is 0 Å². The van der Waals surface area contributed by atoms with Crippen molar-refractivity contribution in [3.8, 4) is 0 Å². The summed E-state index contributed by atoms with van der Waals surface area (Å²) in [6.07, 6.45) is 0.894. The SMILES string of the molecule is CCc1oc2ccccc2c1C(NC)c1ccccc1I. The predicted molar refractivity (Wildman–Crippen MR) is 95.7 cm³/mol. The number of nitrogens with one attached hydrogen (secondary N) is 1. The van der Waals surface area contributed by atoms with Gasteiger partial charge in [0.1, 0.15) is 11.3 Å². The van der Waals surface area contributed by atoms with Crippen molar-refractivity contribution in [3.05, 3.63) is 69.0 Å². The normalized spacial score (nSPS) is 12.7. The molecule has 2 aromatic carbocycles. The van der Waals surface area contributed by atoms with Crippen LogP contribution >= 0.6 is 22.6 Å². The minimum atomic E-state index is 0.150. The summed E-state index contributed by atoms with van der Waals surface area (Å²) in [5.74, 6) is 1.07. The first-order valence-corrected chi connectivity index (χ1v) is 8.26. The summed E-state index contributed by atoms with van der Waals surface area (Å²) in [5.41, 5.74) is 3.53. The number of furan rings is 1. The lowest BCUT2D eigenvalue weighted by atomic mass is 9.95. The second-order valence-electron chi connectivity index (χ2n) is 5.03. The Morgan fingerprint density at radius 3 is 2.52 bits per heavy atom. The van der Waals surface area contributed by atoms with Crippen molar-refractivity contribution in [1.29, 1.82) is 0 Å². The van der Waals surface area contributed by atoms with E-state index in [1.54, 1.807) is 0 Å². The lowest BCUT2D eigenvalue weighted by Gasteiger charge is -2.19. The molecule has 1 heterocycles. The molecular weight excluding hydrogens is 373 g/mol. The number of para-hydroxylation sites is 1. The Labute approximate surface area is 138 Å². The maximum Gasteiger partial charge on any atom is 0.134 e. The molecule has 1 atom stereocenters. The quantitative estimate of drug-likeness (QED) is 0.640. The van der Waals surface area contributed by atoms with Gasteiger partial charge in [-0.2, -0.15) is 0 Å². The van der Waals surface area contributed by atoms with Gasteiger partial charge in [-0.15, -0.1) is 0 Å². The molecule has 3 heteroatoms. The molecular formula is C18H18INO. The van der Waals surface area contributed by atoms with E-state index >= 15 is 0 Å². The van der Waals surface area contributed by atoms with Gasteiger partial charge in [-0.25, -0.2) is 0 Å². The van der Waals surface area contributed by atoms with Crippen LogP contribution in [0.15, 0.2) is 52.9 Å². The second kappa shape index (κ2) is 6.20. The molecule has 3 rings (SSSR count). The highest BCUT2D eigenvalue weighted by Gasteiger charge is 2.23. The molecule has 21 heavy (non-hydrogen) atoms. The van der Waals surface area contributed by atoms with Gasteiger partial charge in [0.05, 0.1) is 6.04 Å². The average Bonchev–Trinajstić information content (AvgIpc) is 2.89. The molecule has 0 aliphatic carbocycles. The highest BCUT2D eigenvalue weighted by molar-refractivity contribution is 14.1. The molecule has 0 bridgehead atoms. The van der Waals surface area contributed by atoms with Crippen molar-refractivity contribution >= 4 is 33.6 Å². The highest BCUT2D eigenvalue weighted by Crippen LogP contribution is 2.35.